The summed E-state index contributed by atoms with van der Waals surface area (Å²) in [6.45, 7) is 4.41. The zero-order valence-electron chi connectivity index (χ0n) is 8.14. The lowest BCUT2D eigenvalue weighted by Crippen LogP contribution is -2.27. The molecule has 0 aliphatic carbocycles. The minimum absolute atomic E-state index is 0.362. The van der Waals surface area contributed by atoms with Crippen LogP contribution < -0.4 is 0 Å². The quantitative estimate of drug-likeness (QED) is 0.712. The average Bonchev–Trinajstić information content (AvgIpc) is 2.51. The summed E-state index contributed by atoms with van der Waals surface area (Å²) in [5.74, 6) is 2.22. The molecule has 0 spiro atoms. The van der Waals surface area contributed by atoms with Gasteiger partial charge in [0.05, 0.1) is 0 Å². The van der Waals surface area contributed by atoms with Crippen molar-refractivity contribution in [3.63, 3.8) is 0 Å². The van der Waals surface area contributed by atoms with Gasteiger partial charge in [-0.1, -0.05) is 13.8 Å². The minimum Gasteiger partial charge on any atom is -0.373 e. The van der Waals surface area contributed by atoms with Gasteiger partial charge in [0.15, 0.2) is 0 Å². The van der Waals surface area contributed by atoms with Gasteiger partial charge in [0, 0.05) is 18.8 Å². The topological polar surface area (TPSA) is 38.0 Å². The van der Waals surface area contributed by atoms with Gasteiger partial charge in [-0.25, -0.2) is 4.98 Å². The molecule has 3 nitrogen and oxygen atoms in total. The van der Waals surface area contributed by atoms with Crippen molar-refractivity contribution >= 4 is 0 Å². The number of fused-ring (bicyclic) bond motifs is 1. The zero-order chi connectivity index (χ0) is 9.42. The Hall–Kier alpha value is -0.830. The number of aliphatic hydroxyl groups excluding tert-OH is 1. The second kappa shape index (κ2) is 3.14. The van der Waals surface area contributed by atoms with Crippen molar-refractivity contribution in [3.8, 4) is 0 Å². The van der Waals surface area contributed by atoms with Crippen molar-refractivity contribution in [2.24, 2.45) is 11.8 Å². The van der Waals surface area contributed by atoms with E-state index in [1.165, 1.54) is 0 Å². The van der Waals surface area contributed by atoms with E-state index in [1.54, 1.807) is 6.20 Å². The van der Waals surface area contributed by atoms with E-state index in [1.807, 2.05) is 10.8 Å². The summed E-state index contributed by atoms with van der Waals surface area (Å²) in [4.78, 5) is 4.24. The molecule has 0 saturated carbocycles. The third kappa shape index (κ3) is 1.48. The molecule has 2 rings (SSSR count). The summed E-state index contributed by atoms with van der Waals surface area (Å²) in [6, 6.07) is 0. The van der Waals surface area contributed by atoms with E-state index in [0.29, 0.717) is 11.8 Å². The molecule has 1 aromatic heterocycles. The van der Waals surface area contributed by atoms with Gasteiger partial charge in [-0.15, -0.1) is 0 Å². The van der Waals surface area contributed by atoms with Crippen LogP contribution >= 0.6 is 0 Å². The van der Waals surface area contributed by atoms with Gasteiger partial charge >= 0.3 is 0 Å². The molecule has 0 bridgehead atoms. The Morgan fingerprint density at radius 1 is 1.62 bits per heavy atom. The van der Waals surface area contributed by atoms with Gasteiger partial charge in [0.25, 0.3) is 0 Å². The fourth-order valence-electron chi connectivity index (χ4n) is 1.98. The molecule has 1 aliphatic rings. The van der Waals surface area contributed by atoms with Gasteiger partial charge in [-0.3, -0.25) is 0 Å². The lowest BCUT2D eigenvalue weighted by molar-refractivity contribution is 0.0456. The molecule has 2 atom stereocenters. The summed E-state index contributed by atoms with van der Waals surface area (Å²) < 4.78 is 1.87. The highest BCUT2D eigenvalue weighted by Gasteiger charge is 2.27. The lowest BCUT2D eigenvalue weighted by atomic mass is 9.86. The van der Waals surface area contributed by atoms with Crippen LogP contribution in [0, 0.1) is 11.8 Å². The Kier molecular flexibility index (Phi) is 2.12. The van der Waals surface area contributed by atoms with Crippen LogP contribution in [0.2, 0.25) is 0 Å². The second-order valence-corrected chi connectivity index (χ2v) is 4.18. The first-order valence-electron chi connectivity index (χ1n) is 4.88. The number of nitrogens with zero attached hydrogens (tertiary/aromatic N) is 2. The predicted octanol–water partition coefficient (Wildman–Crippen LogP) is 1.59. The van der Waals surface area contributed by atoms with Crippen LogP contribution in [0.15, 0.2) is 12.4 Å². The number of imidazole rings is 1. The Morgan fingerprint density at radius 3 is 3.08 bits per heavy atom. The highest BCUT2D eigenvalue weighted by Crippen LogP contribution is 2.30. The highest BCUT2D eigenvalue weighted by atomic mass is 16.3. The first-order chi connectivity index (χ1) is 6.18. The average molecular weight is 180 g/mol. The Bertz CT molecular complexity index is 293. The standard InChI is InChI=1S/C10H16N2O/c1-7(2)8-5-9-11-3-4-12(9)10(13)6-8/h3-4,7-8,10,13H,5-6H2,1-2H3. The fourth-order valence-corrected chi connectivity index (χ4v) is 1.98. The maximum atomic E-state index is 9.79. The first-order valence-corrected chi connectivity index (χ1v) is 4.88. The van der Waals surface area contributed by atoms with E-state index in [9.17, 15) is 5.11 Å². The third-order valence-corrected chi connectivity index (χ3v) is 2.97. The molecule has 2 unspecified atom stereocenters. The van der Waals surface area contributed by atoms with Crippen LogP contribution in [0.4, 0.5) is 0 Å². The predicted molar refractivity (Wildman–Crippen MR) is 50.1 cm³/mol. The molecule has 2 heterocycles. The van der Waals surface area contributed by atoms with Crippen molar-refractivity contribution in [3.05, 3.63) is 18.2 Å². The zero-order valence-corrected chi connectivity index (χ0v) is 8.14. The van der Waals surface area contributed by atoms with Gasteiger partial charge in [0.2, 0.25) is 0 Å². The summed E-state index contributed by atoms with van der Waals surface area (Å²) in [5.41, 5.74) is 0. The van der Waals surface area contributed by atoms with Crippen LogP contribution in [0.5, 0.6) is 0 Å². The van der Waals surface area contributed by atoms with E-state index in [-0.39, 0.29) is 6.23 Å². The molecule has 3 heteroatoms. The molecular formula is C10H16N2O. The SMILES string of the molecule is CC(C)C1Cc2nccn2C(O)C1. The van der Waals surface area contributed by atoms with E-state index in [4.69, 9.17) is 0 Å². The summed E-state index contributed by atoms with van der Waals surface area (Å²) in [5, 5.41) is 9.79. The molecule has 0 fully saturated rings. The number of aromatic nitrogens is 2. The molecule has 0 radical (unpaired) electrons. The van der Waals surface area contributed by atoms with Crippen LogP contribution in [-0.4, -0.2) is 14.7 Å². The molecule has 13 heavy (non-hydrogen) atoms. The summed E-state index contributed by atoms with van der Waals surface area (Å²) in [6.07, 6.45) is 5.12. The minimum atomic E-state index is -0.362. The largest absolute Gasteiger partial charge is 0.373 e. The van der Waals surface area contributed by atoms with Crippen molar-refractivity contribution in [1.82, 2.24) is 9.55 Å². The number of hydrogen-bond donors (Lipinski definition) is 1. The van der Waals surface area contributed by atoms with Crippen LogP contribution in [-0.2, 0) is 6.42 Å². The molecule has 0 aromatic carbocycles. The Morgan fingerprint density at radius 2 is 2.38 bits per heavy atom. The van der Waals surface area contributed by atoms with Gasteiger partial charge in [-0.2, -0.15) is 0 Å². The van der Waals surface area contributed by atoms with Crippen molar-refractivity contribution in [1.29, 1.82) is 0 Å². The van der Waals surface area contributed by atoms with Gasteiger partial charge < -0.3 is 9.67 Å². The van der Waals surface area contributed by atoms with Gasteiger partial charge in [-0.05, 0) is 18.3 Å². The number of hydrogen-bond acceptors (Lipinski definition) is 2. The molecule has 0 amide bonds. The number of rotatable bonds is 1. The van der Waals surface area contributed by atoms with Crippen LogP contribution in [0.3, 0.4) is 0 Å². The maximum Gasteiger partial charge on any atom is 0.132 e. The number of aliphatic hydroxyl groups is 1. The normalized spacial score (nSPS) is 27.7. The first kappa shape index (κ1) is 8.75. The molecular weight excluding hydrogens is 164 g/mol. The van der Waals surface area contributed by atoms with E-state index < -0.39 is 0 Å². The highest BCUT2D eigenvalue weighted by molar-refractivity contribution is 4.99. The molecule has 0 saturated heterocycles. The second-order valence-electron chi connectivity index (χ2n) is 4.18. The molecule has 1 aliphatic heterocycles. The summed E-state index contributed by atoms with van der Waals surface area (Å²) in [7, 11) is 0. The third-order valence-electron chi connectivity index (χ3n) is 2.97. The van der Waals surface area contributed by atoms with Crippen LogP contribution in [0.25, 0.3) is 0 Å². The Labute approximate surface area is 78.4 Å². The van der Waals surface area contributed by atoms with Crippen molar-refractivity contribution in [2.75, 3.05) is 0 Å². The fraction of sp³-hybridized carbons (Fsp3) is 0.700. The Balaban J connectivity index is 2.23. The summed E-state index contributed by atoms with van der Waals surface area (Å²) >= 11 is 0. The van der Waals surface area contributed by atoms with Crippen LogP contribution in [0.1, 0.15) is 32.3 Å². The van der Waals surface area contributed by atoms with E-state index >= 15 is 0 Å². The van der Waals surface area contributed by atoms with Gasteiger partial charge in [0.1, 0.15) is 12.1 Å². The van der Waals surface area contributed by atoms with E-state index in [2.05, 4.69) is 18.8 Å². The van der Waals surface area contributed by atoms with Crippen molar-refractivity contribution in [2.45, 2.75) is 32.9 Å². The molecule has 72 valence electrons. The molecule has 1 aromatic rings. The lowest BCUT2D eigenvalue weighted by Gasteiger charge is -2.30. The smallest absolute Gasteiger partial charge is 0.132 e. The van der Waals surface area contributed by atoms with E-state index in [0.717, 1.165) is 18.7 Å². The van der Waals surface area contributed by atoms with Crippen molar-refractivity contribution < 1.29 is 5.11 Å². The maximum absolute atomic E-state index is 9.79. The molecule has 1 N–H and O–H groups in total. The monoisotopic (exact) mass is 180 g/mol.